The molecule has 3 aromatic carbocycles. The summed E-state index contributed by atoms with van der Waals surface area (Å²) in [5.74, 6) is 0. The molecule has 1 heterocycles. The first kappa shape index (κ1) is 15.6. The molecule has 0 saturated heterocycles. The number of hydrogen-bond acceptors (Lipinski definition) is 2. The van der Waals surface area contributed by atoms with Crippen molar-refractivity contribution in [3.05, 3.63) is 103 Å². The van der Waals surface area contributed by atoms with Gasteiger partial charge in [0.2, 0.25) is 0 Å². The second-order valence-corrected chi connectivity index (χ2v) is 5.99. The largest absolute Gasteiger partial charge is 0.421 e. The van der Waals surface area contributed by atoms with E-state index in [1.807, 2.05) is 24.3 Å². The average Bonchev–Trinajstić information content (AvgIpc) is 2.70. The minimum Gasteiger partial charge on any atom is -0.421 e. The predicted octanol–water partition coefficient (Wildman–Crippen LogP) is 3.56. The molecular weight excluding hydrogens is 305 g/mol. The number of aromatic nitrogens is 1. The summed E-state index contributed by atoms with van der Waals surface area (Å²) in [7, 11) is 0. The Labute approximate surface area is 148 Å². The molecular formula is C22H18BNO. The van der Waals surface area contributed by atoms with E-state index < -0.39 is 0 Å². The number of pyridine rings is 1. The summed E-state index contributed by atoms with van der Waals surface area (Å²) in [5, 5.41) is 2.45. The highest BCUT2D eigenvalue weighted by Crippen LogP contribution is 2.13. The molecule has 0 N–H and O–H groups in total. The number of fused-ring (bicyclic) bond motifs is 1. The molecule has 25 heavy (non-hydrogen) atoms. The first-order valence-corrected chi connectivity index (χ1v) is 8.46. The Kier molecular flexibility index (Phi) is 4.58. The lowest BCUT2D eigenvalue weighted by atomic mass is 9.54. The van der Waals surface area contributed by atoms with Crippen molar-refractivity contribution in [2.75, 3.05) is 0 Å². The Morgan fingerprint density at radius 3 is 2.32 bits per heavy atom. The van der Waals surface area contributed by atoms with Crippen LogP contribution < -0.4 is 10.9 Å². The maximum absolute atomic E-state index is 6.35. The molecule has 4 aromatic rings. The molecule has 0 atom stereocenters. The van der Waals surface area contributed by atoms with Crippen LogP contribution in [0, 0.1) is 0 Å². The molecule has 0 unspecified atom stereocenters. The third-order valence-corrected chi connectivity index (χ3v) is 4.33. The van der Waals surface area contributed by atoms with Crippen LogP contribution in [0.3, 0.4) is 0 Å². The van der Waals surface area contributed by atoms with Crippen molar-refractivity contribution in [1.29, 1.82) is 0 Å². The van der Waals surface area contributed by atoms with Gasteiger partial charge in [-0.3, -0.25) is 4.98 Å². The molecule has 0 aliphatic rings. The van der Waals surface area contributed by atoms with Gasteiger partial charge in [-0.2, -0.15) is 0 Å². The summed E-state index contributed by atoms with van der Waals surface area (Å²) in [5.41, 5.74) is 3.26. The summed E-state index contributed by atoms with van der Waals surface area (Å²) in [4.78, 5) is 4.38. The minimum absolute atomic E-state index is 0.130. The van der Waals surface area contributed by atoms with Gasteiger partial charge in [-0.1, -0.05) is 78.9 Å². The van der Waals surface area contributed by atoms with Crippen LogP contribution in [0.4, 0.5) is 0 Å². The molecule has 0 bridgehead atoms. The molecule has 0 fully saturated rings. The van der Waals surface area contributed by atoms with Crippen LogP contribution in [0.15, 0.2) is 97.2 Å². The van der Waals surface area contributed by atoms with E-state index >= 15 is 0 Å². The van der Waals surface area contributed by atoms with Crippen LogP contribution in [0.2, 0.25) is 0 Å². The van der Waals surface area contributed by atoms with E-state index in [1.165, 1.54) is 16.2 Å². The van der Waals surface area contributed by atoms with E-state index in [-0.39, 0.29) is 6.92 Å². The normalized spacial score (nSPS) is 10.7. The topological polar surface area (TPSA) is 22.1 Å². The van der Waals surface area contributed by atoms with Gasteiger partial charge in [-0.05, 0) is 33.8 Å². The van der Waals surface area contributed by atoms with Crippen molar-refractivity contribution in [2.24, 2.45) is 0 Å². The highest BCUT2D eigenvalue weighted by Gasteiger charge is 2.23. The van der Waals surface area contributed by atoms with Crippen molar-refractivity contribution < 1.29 is 4.65 Å². The Bertz CT molecular complexity index is 952. The van der Waals surface area contributed by atoms with Crippen molar-refractivity contribution in [3.63, 3.8) is 0 Å². The fraction of sp³-hybridized carbons (Fsp3) is 0.0455. The molecule has 120 valence electrons. The Morgan fingerprint density at radius 2 is 1.48 bits per heavy atom. The number of rotatable bonds is 5. The van der Waals surface area contributed by atoms with Gasteiger partial charge in [0.25, 0.3) is 0 Å². The van der Waals surface area contributed by atoms with Crippen LogP contribution in [0.5, 0.6) is 0 Å². The van der Waals surface area contributed by atoms with Crippen molar-refractivity contribution in [1.82, 2.24) is 4.98 Å². The number of nitrogens with zero attached hydrogens (tertiary/aromatic N) is 1. The van der Waals surface area contributed by atoms with Gasteiger partial charge in [0.15, 0.2) is 0 Å². The Balaban J connectivity index is 1.74. The Morgan fingerprint density at radius 1 is 0.720 bits per heavy atom. The maximum atomic E-state index is 6.35. The number of hydrogen-bond donors (Lipinski definition) is 0. The molecule has 0 aliphatic carbocycles. The lowest BCUT2D eigenvalue weighted by Crippen LogP contribution is -2.45. The quantitative estimate of drug-likeness (QED) is 0.524. The van der Waals surface area contributed by atoms with Gasteiger partial charge in [0.1, 0.15) is 0 Å². The fourth-order valence-electron chi connectivity index (χ4n) is 3.12. The molecule has 0 radical (unpaired) electrons. The molecule has 2 nitrogen and oxygen atoms in total. The average molecular weight is 323 g/mol. The van der Waals surface area contributed by atoms with Gasteiger partial charge in [0, 0.05) is 6.20 Å². The standard InChI is InChI=1S/C22H18BNO/c1-2-11-19(12-3-1)23(25-17-20-13-6-7-16-24-20)22-15-8-10-18-9-4-5-14-21(18)22/h1-16H,17H2. The molecule has 1 aromatic heterocycles. The van der Waals surface area contributed by atoms with Crippen molar-refractivity contribution in [3.8, 4) is 0 Å². The van der Waals surface area contributed by atoms with Gasteiger partial charge in [0.05, 0.1) is 12.3 Å². The second-order valence-electron chi connectivity index (χ2n) is 5.99. The highest BCUT2D eigenvalue weighted by molar-refractivity contribution is 6.81. The van der Waals surface area contributed by atoms with E-state index in [0.29, 0.717) is 6.61 Å². The third-order valence-electron chi connectivity index (χ3n) is 4.33. The smallest absolute Gasteiger partial charge is 0.362 e. The molecule has 0 aliphatic heterocycles. The van der Waals surface area contributed by atoms with Crippen molar-refractivity contribution >= 4 is 28.6 Å². The molecule has 0 amide bonds. The van der Waals surface area contributed by atoms with Gasteiger partial charge in [-0.15, -0.1) is 0 Å². The van der Waals surface area contributed by atoms with Gasteiger partial charge in [-0.25, -0.2) is 0 Å². The second kappa shape index (κ2) is 7.33. The van der Waals surface area contributed by atoms with Crippen LogP contribution in [-0.4, -0.2) is 11.9 Å². The summed E-state index contributed by atoms with van der Waals surface area (Å²) in [6.07, 6.45) is 1.80. The highest BCUT2D eigenvalue weighted by atomic mass is 16.4. The zero-order chi connectivity index (χ0) is 16.9. The Hall–Kier alpha value is -2.91. The van der Waals surface area contributed by atoms with Crippen LogP contribution in [0.1, 0.15) is 5.69 Å². The lowest BCUT2D eigenvalue weighted by molar-refractivity contribution is 0.316. The SMILES string of the molecule is c1ccc(B(OCc2ccccn2)c2cccc3ccccc23)cc1. The first-order valence-electron chi connectivity index (χ1n) is 8.46. The summed E-state index contributed by atoms with van der Waals surface area (Å²) in [6.45, 7) is 0.346. The number of benzene rings is 3. The fourth-order valence-corrected chi connectivity index (χ4v) is 3.12. The molecule has 4 rings (SSSR count). The summed E-state index contributed by atoms with van der Waals surface area (Å²) >= 11 is 0. The monoisotopic (exact) mass is 323 g/mol. The minimum atomic E-state index is -0.130. The zero-order valence-electron chi connectivity index (χ0n) is 13.9. The van der Waals surface area contributed by atoms with E-state index in [0.717, 1.165) is 11.2 Å². The predicted molar refractivity (Wildman–Crippen MR) is 104 cm³/mol. The van der Waals surface area contributed by atoms with E-state index in [1.54, 1.807) is 6.20 Å². The zero-order valence-corrected chi connectivity index (χ0v) is 13.9. The maximum Gasteiger partial charge on any atom is 0.362 e. The third kappa shape index (κ3) is 3.47. The van der Waals surface area contributed by atoms with Gasteiger partial charge >= 0.3 is 6.92 Å². The van der Waals surface area contributed by atoms with E-state index in [2.05, 4.69) is 71.7 Å². The van der Waals surface area contributed by atoms with E-state index in [4.69, 9.17) is 4.65 Å². The summed E-state index contributed by atoms with van der Waals surface area (Å²) in [6, 6.07) is 31.1. The van der Waals surface area contributed by atoms with Crippen LogP contribution in [0.25, 0.3) is 10.8 Å². The molecule has 0 saturated carbocycles. The lowest BCUT2D eigenvalue weighted by Gasteiger charge is -2.17. The molecule has 0 spiro atoms. The van der Waals surface area contributed by atoms with Crippen LogP contribution >= 0.6 is 0 Å². The van der Waals surface area contributed by atoms with Gasteiger partial charge < -0.3 is 4.65 Å². The first-order chi connectivity index (χ1) is 12.4. The van der Waals surface area contributed by atoms with E-state index in [9.17, 15) is 0 Å². The van der Waals surface area contributed by atoms with Crippen LogP contribution in [-0.2, 0) is 11.3 Å². The summed E-state index contributed by atoms with van der Waals surface area (Å²) < 4.78 is 6.35. The van der Waals surface area contributed by atoms with Crippen molar-refractivity contribution in [2.45, 2.75) is 6.61 Å². The molecule has 3 heteroatoms.